The number of hydrogen-bond acceptors (Lipinski definition) is 4. The minimum Gasteiger partial charge on any atom is -0.493 e. The molecule has 0 aromatic heterocycles. The summed E-state index contributed by atoms with van der Waals surface area (Å²) in [6, 6.07) is 5.64. The Morgan fingerprint density at radius 2 is 1.86 bits per heavy atom. The second kappa shape index (κ2) is 12.3. The van der Waals surface area contributed by atoms with Gasteiger partial charge in [-0.3, -0.25) is 9.59 Å². The van der Waals surface area contributed by atoms with Gasteiger partial charge in [-0.15, -0.1) is 0 Å². The Balaban J connectivity index is 1.71. The summed E-state index contributed by atoms with van der Waals surface area (Å²) in [6.07, 6.45) is 8.55. The van der Waals surface area contributed by atoms with E-state index in [1.807, 2.05) is 18.2 Å². The minimum absolute atomic E-state index is 0.0148. The van der Waals surface area contributed by atoms with Crippen LogP contribution in [-0.2, 0) is 16.1 Å². The van der Waals surface area contributed by atoms with E-state index in [1.54, 1.807) is 7.11 Å². The van der Waals surface area contributed by atoms with Gasteiger partial charge in [0.2, 0.25) is 11.8 Å². The number of ether oxygens (including phenoxy) is 2. The van der Waals surface area contributed by atoms with Crippen molar-refractivity contribution in [2.24, 2.45) is 5.92 Å². The smallest absolute Gasteiger partial charge is 0.239 e. The fourth-order valence-electron chi connectivity index (χ4n) is 3.44. The van der Waals surface area contributed by atoms with Gasteiger partial charge in [0.15, 0.2) is 11.5 Å². The number of unbranched alkanes of at least 4 members (excludes halogenated alkanes) is 1. The number of methoxy groups -OCH3 is 1. The predicted octanol–water partition coefficient (Wildman–Crippen LogP) is 3.58. The van der Waals surface area contributed by atoms with E-state index in [2.05, 4.69) is 17.6 Å². The molecule has 0 radical (unpaired) electrons. The molecule has 0 bridgehead atoms. The largest absolute Gasteiger partial charge is 0.493 e. The standard InChI is InChI=1S/C22H34N2O4/c1-3-4-12-28-19-11-10-18(13-20(19)27-2)15-23-22(26)16-24-21(25)14-17-8-6-5-7-9-17/h10-11,13,17H,3-9,12,14-16H2,1-2H3,(H,23,26)(H,24,25). The van der Waals surface area contributed by atoms with Gasteiger partial charge in [-0.2, -0.15) is 0 Å². The Hall–Kier alpha value is -2.24. The van der Waals surface area contributed by atoms with Crippen molar-refractivity contribution in [3.05, 3.63) is 23.8 Å². The lowest BCUT2D eigenvalue weighted by molar-refractivity contribution is -0.126. The van der Waals surface area contributed by atoms with Gasteiger partial charge in [-0.25, -0.2) is 0 Å². The van der Waals surface area contributed by atoms with E-state index >= 15 is 0 Å². The van der Waals surface area contributed by atoms with Crippen LogP contribution in [-0.4, -0.2) is 32.1 Å². The molecule has 0 aliphatic heterocycles. The minimum atomic E-state index is -0.195. The molecule has 0 spiro atoms. The molecule has 0 saturated heterocycles. The summed E-state index contributed by atoms with van der Waals surface area (Å²) in [5, 5.41) is 5.56. The molecular weight excluding hydrogens is 356 g/mol. The van der Waals surface area contributed by atoms with Crippen molar-refractivity contribution < 1.29 is 19.1 Å². The highest BCUT2D eigenvalue weighted by atomic mass is 16.5. The van der Waals surface area contributed by atoms with Crippen molar-refractivity contribution in [3.8, 4) is 11.5 Å². The highest BCUT2D eigenvalue weighted by Gasteiger charge is 2.17. The molecule has 0 unspecified atom stereocenters. The monoisotopic (exact) mass is 390 g/mol. The molecule has 1 saturated carbocycles. The number of benzene rings is 1. The lowest BCUT2D eigenvalue weighted by Crippen LogP contribution is -2.37. The SMILES string of the molecule is CCCCOc1ccc(CNC(=O)CNC(=O)CC2CCCCC2)cc1OC. The van der Waals surface area contributed by atoms with Gasteiger partial charge in [-0.05, 0) is 42.9 Å². The number of hydrogen-bond donors (Lipinski definition) is 2. The number of amides is 2. The molecule has 2 N–H and O–H groups in total. The molecule has 0 atom stereocenters. The van der Waals surface area contributed by atoms with E-state index in [0.29, 0.717) is 37.0 Å². The Kier molecular flexibility index (Phi) is 9.66. The zero-order valence-corrected chi connectivity index (χ0v) is 17.2. The topological polar surface area (TPSA) is 76.7 Å². The van der Waals surface area contributed by atoms with Gasteiger partial charge in [0.05, 0.1) is 20.3 Å². The zero-order chi connectivity index (χ0) is 20.2. The maximum Gasteiger partial charge on any atom is 0.239 e. The van der Waals surface area contributed by atoms with Crippen LogP contribution in [0.25, 0.3) is 0 Å². The fourth-order valence-corrected chi connectivity index (χ4v) is 3.44. The van der Waals surface area contributed by atoms with Crippen LogP contribution in [0.5, 0.6) is 11.5 Å². The maximum atomic E-state index is 12.0. The van der Waals surface area contributed by atoms with Gasteiger partial charge in [-0.1, -0.05) is 38.7 Å². The Morgan fingerprint density at radius 3 is 2.57 bits per heavy atom. The molecule has 1 aromatic carbocycles. The quantitative estimate of drug-likeness (QED) is 0.566. The van der Waals surface area contributed by atoms with Gasteiger partial charge in [0.25, 0.3) is 0 Å². The molecule has 1 fully saturated rings. The summed E-state index contributed by atoms with van der Waals surface area (Å²) in [5.74, 6) is 1.61. The van der Waals surface area contributed by atoms with Crippen LogP contribution in [0, 0.1) is 5.92 Å². The molecule has 1 aliphatic rings. The summed E-state index contributed by atoms with van der Waals surface area (Å²) in [7, 11) is 1.60. The van der Waals surface area contributed by atoms with E-state index < -0.39 is 0 Å². The van der Waals surface area contributed by atoms with Crippen LogP contribution in [0.15, 0.2) is 18.2 Å². The first kappa shape index (κ1) is 22.1. The predicted molar refractivity (Wildman–Crippen MR) is 109 cm³/mol. The lowest BCUT2D eigenvalue weighted by Gasteiger charge is -2.20. The molecule has 1 aromatic rings. The van der Waals surface area contributed by atoms with Crippen LogP contribution in [0.3, 0.4) is 0 Å². The van der Waals surface area contributed by atoms with Crippen LogP contribution < -0.4 is 20.1 Å². The van der Waals surface area contributed by atoms with Crippen LogP contribution >= 0.6 is 0 Å². The Bertz CT molecular complexity index is 627. The van der Waals surface area contributed by atoms with Gasteiger partial charge in [0.1, 0.15) is 0 Å². The Labute approximate surface area is 168 Å². The molecule has 1 aliphatic carbocycles. The first-order chi connectivity index (χ1) is 13.6. The highest BCUT2D eigenvalue weighted by Crippen LogP contribution is 2.28. The third-order valence-corrected chi connectivity index (χ3v) is 5.12. The van der Waals surface area contributed by atoms with Crippen molar-refractivity contribution in [3.63, 3.8) is 0 Å². The van der Waals surface area contributed by atoms with Gasteiger partial charge < -0.3 is 20.1 Å². The zero-order valence-electron chi connectivity index (χ0n) is 17.2. The van der Waals surface area contributed by atoms with Gasteiger partial charge >= 0.3 is 0 Å². The highest BCUT2D eigenvalue weighted by molar-refractivity contribution is 5.84. The first-order valence-corrected chi connectivity index (χ1v) is 10.5. The average Bonchev–Trinajstić information content (AvgIpc) is 2.72. The molecule has 156 valence electrons. The summed E-state index contributed by atoms with van der Waals surface area (Å²) >= 11 is 0. The van der Waals surface area contributed by atoms with Crippen molar-refractivity contribution in [2.75, 3.05) is 20.3 Å². The summed E-state index contributed by atoms with van der Waals surface area (Å²) in [4.78, 5) is 24.0. The number of rotatable bonds is 11. The normalized spacial score (nSPS) is 14.4. The van der Waals surface area contributed by atoms with Crippen LogP contribution in [0.2, 0.25) is 0 Å². The van der Waals surface area contributed by atoms with Gasteiger partial charge in [0, 0.05) is 13.0 Å². The Morgan fingerprint density at radius 1 is 1.07 bits per heavy atom. The molecular formula is C22H34N2O4. The van der Waals surface area contributed by atoms with E-state index in [0.717, 1.165) is 31.2 Å². The van der Waals surface area contributed by atoms with E-state index in [-0.39, 0.29) is 18.4 Å². The van der Waals surface area contributed by atoms with Crippen molar-refractivity contribution in [1.29, 1.82) is 0 Å². The lowest BCUT2D eigenvalue weighted by atomic mass is 9.87. The summed E-state index contributed by atoms with van der Waals surface area (Å²) in [5.41, 5.74) is 0.918. The first-order valence-electron chi connectivity index (χ1n) is 10.5. The van der Waals surface area contributed by atoms with E-state index in [9.17, 15) is 9.59 Å². The molecule has 0 heterocycles. The third-order valence-electron chi connectivity index (χ3n) is 5.12. The molecule has 28 heavy (non-hydrogen) atoms. The van der Waals surface area contributed by atoms with E-state index in [1.165, 1.54) is 19.3 Å². The van der Waals surface area contributed by atoms with Crippen molar-refractivity contribution in [2.45, 2.75) is 64.8 Å². The van der Waals surface area contributed by atoms with Crippen molar-refractivity contribution >= 4 is 11.8 Å². The van der Waals surface area contributed by atoms with Crippen LogP contribution in [0.4, 0.5) is 0 Å². The summed E-state index contributed by atoms with van der Waals surface area (Å²) in [6.45, 7) is 3.16. The fraction of sp³-hybridized carbons (Fsp3) is 0.636. The average molecular weight is 391 g/mol. The molecule has 2 rings (SSSR count). The maximum absolute atomic E-state index is 12.0. The second-order valence-corrected chi connectivity index (χ2v) is 7.45. The molecule has 6 nitrogen and oxygen atoms in total. The number of carbonyl (C=O) groups is 2. The second-order valence-electron chi connectivity index (χ2n) is 7.45. The summed E-state index contributed by atoms with van der Waals surface area (Å²) < 4.78 is 11.1. The molecule has 6 heteroatoms. The molecule has 2 amide bonds. The van der Waals surface area contributed by atoms with E-state index in [4.69, 9.17) is 9.47 Å². The third kappa shape index (κ3) is 7.79. The van der Waals surface area contributed by atoms with Crippen molar-refractivity contribution in [1.82, 2.24) is 10.6 Å². The number of carbonyl (C=O) groups excluding carboxylic acids is 2. The van der Waals surface area contributed by atoms with Crippen LogP contribution in [0.1, 0.15) is 63.9 Å². The number of nitrogens with one attached hydrogen (secondary N) is 2.